The van der Waals surface area contributed by atoms with Crippen molar-refractivity contribution in [1.82, 2.24) is 9.78 Å². The third-order valence-corrected chi connectivity index (χ3v) is 3.21. The molecule has 0 unspecified atom stereocenters. The van der Waals surface area contributed by atoms with Gasteiger partial charge >= 0.3 is 0 Å². The molecule has 0 spiro atoms. The normalized spacial score (nSPS) is 10.1. The number of aromatic nitrogens is 2. The van der Waals surface area contributed by atoms with Crippen LogP contribution in [0.3, 0.4) is 0 Å². The van der Waals surface area contributed by atoms with E-state index in [2.05, 4.69) is 10.4 Å². The third kappa shape index (κ3) is 3.09. The van der Waals surface area contributed by atoms with Gasteiger partial charge in [0.25, 0.3) is 0 Å². The minimum atomic E-state index is 0.0751. The summed E-state index contributed by atoms with van der Waals surface area (Å²) >= 11 is 0. The maximum absolute atomic E-state index is 8.45. The number of aryl methyl sites for hydroxylation is 2. The van der Waals surface area contributed by atoms with Crippen molar-refractivity contribution in [3.05, 3.63) is 41.2 Å². The lowest BCUT2D eigenvalue weighted by Gasteiger charge is -2.08. The van der Waals surface area contributed by atoms with Crippen molar-refractivity contribution in [2.24, 2.45) is 7.05 Å². The minimum absolute atomic E-state index is 0.0751. The molecule has 2 rings (SSSR count). The van der Waals surface area contributed by atoms with Gasteiger partial charge in [0.1, 0.15) is 11.8 Å². The van der Waals surface area contributed by atoms with Crippen LogP contribution in [0.4, 0.5) is 5.69 Å². The van der Waals surface area contributed by atoms with E-state index in [1.54, 1.807) is 0 Å². The standard InChI is InChI=1S/C15H18N4O/c1-11-15(12(2)19(3)18-11)17-10-13-4-6-14(7-5-13)20-9-8-16/h4-7,17H,9-10H2,1-3H3. The van der Waals surface area contributed by atoms with Crippen molar-refractivity contribution in [3.8, 4) is 11.8 Å². The first-order chi connectivity index (χ1) is 9.61. The number of ether oxygens (including phenoxy) is 1. The molecule has 5 heteroatoms. The van der Waals surface area contributed by atoms with Gasteiger partial charge in [-0.05, 0) is 31.5 Å². The van der Waals surface area contributed by atoms with Crippen molar-refractivity contribution >= 4 is 5.69 Å². The van der Waals surface area contributed by atoms with Crippen molar-refractivity contribution in [3.63, 3.8) is 0 Å². The Labute approximate surface area is 118 Å². The van der Waals surface area contributed by atoms with Crippen molar-refractivity contribution in [2.75, 3.05) is 11.9 Å². The molecule has 1 heterocycles. The summed E-state index contributed by atoms with van der Waals surface area (Å²) in [5, 5.41) is 16.2. The van der Waals surface area contributed by atoms with Gasteiger partial charge in [-0.2, -0.15) is 10.4 Å². The molecule has 0 radical (unpaired) electrons. The zero-order valence-electron chi connectivity index (χ0n) is 12.0. The zero-order chi connectivity index (χ0) is 14.5. The van der Waals surface area contributed by atoms with Gasteiger partial charge in [-0.25, -0.2) is 0 Å². The second kappa shape index (κ2) is 6.11. The molecule has 5 nitrogen and oxygen atoms in total. The lowest BCUT2D eigenvalue weighted by molar-refractivity contribution is 0.368. The van der Waals surface area contributed by atoms with E-state index in [0.29, 0.717) is 5.75 Å². The summed E-state index contributed by atoms with van der Waals surface area (Å²) in [6.45, 7) is 4.84. The van der Waals surface area contributed by atoms with Gasteiger partial charge in [-0.15, -0.1) is 0 Å². The molecule has 0 aliphatic rings. The molecule has 1 aromatic heterocycles. The van der Waals surface area contributed by atoms with Crippen LogP contribution in [0.25, 0.3) is 0 Å². The van der Waals surface area contributed by atoms with Crippen LogP contribution < -0.4 is 10.1 Å². The molecule has 0 fully saturated rings. The quantitative estimate of drug-likeness (QED) is 0.907. The molecule has 0 atom stereocenters. The number of rotatable bonds is 5. The molecule has 1 N–H and O–H groups in total. The highest BCUT2D eigenvalue weighted by Crippen LogP contribution is 2.20. The van der Waals surface area contributed by atoms with Gasteiger partial charge in [0, 0.05) is 13.6 Å². The molecule has 0 bridgehead atoms. The number of nitrogens with one attached hydrogen (secondary N) is 1. The fraction of sp³-hybridized carbons (Fsp3) is 0.333. The number of anilines is 1. The summed E-state index contributed by atoms with van der Waals surface area (Å²) < 4.78 is 7.09. The molecule has 20 heavy (non-hydrogen) atoms. The topological polar surface area (TPSA) is 62.9 Å². The molecule has 0 saturated carbocycles. The van der Waals surface area contributed by atoms with E-state index in [-0.39, 0.29) is 6.61 Å². The van der Waals surface area contributed by atoms with Crippen LogP contribution >= 0.6 is 0 Å². The molecule has 2 aromatic rings. The van der Waals surface area contributed by atoms with Crippen LogP contribution in [-0.4, -0.2) is 16.4 Å². The number of nitriles is 1. The summed E-state index contributed by atoms with van der Waals surface area (Å²) in [7, 11) is 1.94. The first-order valence-electron chi connectivity index (χ1n) is 6.44. The van der Waals surface area contributed by atoms with Crippen LogP contribution in [0.2, 0.25) is 0 Å². The average molecular weight is 270 g/mol. The van der Waals surface area contributed by atoms with E-state index in [1.807, 2.05) is 55.9 Å². The Morgan fingerprint density at radius 3 is 2.55 bits per heavy atom. The Balaban J connectivity index is 1.99. The Bertz CT molecular complexity index is 623. The van der Waals surface area contributed by atoms with Gasteiger partial charge < -0.3 is 10.1 Å². The highest BCUT2D eigenvalue weighted by Gasteiger charge is 2.08. The van der Waals surface area contributed by atoms with E-state index >= 15 is 0 Å². The van der Waals surface area contributed by atoms with E-state index < -0.39 is 0 Å². The minimum Gasteiger partial charge on any atom is -0.479 e. The van der Waals surface area contributed by atoms with Crippen LogP contribution in [0, 0.1) is 25.2 Å². The fourth-order valence-corrected chi connectivity index (χ4v) is 2.04. The number of nitrogens with zero attached hydrogens (tertiary/aromatic N) is 3. The van der Waals surface area contributed by atoms with E-state index in [1.165, 1.54) is 0 Å². The summed E-state index contributed by atoms with van der Waals surface area (Å²) in [4.78, 5) is 0. The van der Waals surface area contributed by atoms with E-state index in [4.69, 9.17) is 10.00 Å². The molecule has 0 aliphatic heterocycles. The number of hydrogen-bond acceptors (Lipinski definition) is 4. The zero-order valence-corrected chi connectivity index (χ0v) is 12.0. The van der Waals surface area contributed by atoms with Crippen LogP contribution in [0.1, 0.15) is 17.0 Å². The molecular formula is C15H18N4O. The predicted octanol–water partition coefficient (Wildman–Crippen LogP) is 2.55. The number of hydrogen-bond donors (Lipinski definition) is 1. The summed E-state index contributed by atoms with van der Waals surface area (Å²) in [5.74, 6) is 0.712. The SMILES string of the molecule is Cc1nn(C)c(C)c1NCc1ccc(OCC#N)cc1. The van der Waals surface area contributed by atoms with Crippen molar-refractivity contribution in [1.29, 1.82) is 5.26 Å². The van der Waals surface area contributed by atoms with E-state index in [9.17, 15) is 0 Å². The van der Waals surface area contributed by atoms with Crippen molar-refractivity contribution in [2.45, 2.75) is 20.4 Å². The van der Waals surface area contributed by atoms with Crippen molar-refractivity contribution < 1.29 is 4.74 Å². The Hall–Kier alpha value is -2.48. The highest BCUT2D eigenvalue weighted by atomic mass is 16.5. The fourth-order valence-electron chi connectivity index (χ4n) is 2.04. The monoisotopic (exact) mass is 270 g/mol. The Morgan fingerprint density at radius 1 is 1.30 bits per heavy atom. The molecular weight excluding hydrogens is 252 g/mol. The summed E-state index contributed by atoms with van der Waals surface area (Å²) in [5.41, 5.74) is 4.35. The third-order valence-electron chi connectivity index (χ3n) is 3.21. The average Bonchev–Trinajstić information content (AvgIpc) is 2.69. The molecule has 1 aromatic carbocycles. The smallest absolute Gasteiger partial charge is 0.174 e. The van der Waals surface area contributed by atoms with Crippen LogP contribution in [-0.2, 0) is 13.6 Å². The summed E-state index contributed by atoms with van der Waals surface area (Å²) in [6, 6.07) is 9.67. The van der Waals surface area contributed by atoms with Crippen LogP contribution in [0.15, 0.2) is 24.3 Å². The Kier molecular flexibility index (Phi) is 4.26. The molecule has 0 saturated heterocycles. The maximum Gasteiger partial charge on any atom is 0.174 e. The first-order valence-corrected chi connectivity index (χ1v) is 6.44. The molecule has 104 valence electrons. The summed E-state index contributed by atoms with van der Waals surface area (Å²) in [6.07, 6.45) is 0. The van der Waals surface area contributed by atoms with Gasteiger partial charge in [0.15, 0.2) is 6.61 Å². The highest BCUT2D eigenvalue weighted by molar-refractivity contribution is 5.52. The van der Waals surface area contributed by atoms with Gasteiger partial charge in [0.05, 0.1) is 17.1 Å². The largest absolute Gasteiger partial charge is 0.479 e. The van der Waals surface area contributed by atoms with Gasteiger partial charge in [-0.1, -0.05) is 12.1 Å². The first kappa shape index (κ1) is 13.9. The second-order valence-corrected chi connectivity index (χ2v) is 4.61. The predicted molar refractivity (Wildman–Crippen MR) is 77.6 cm³/mol. The molecule has 0 amide bonds. The molecule has 0 aliphatic carbocycles. The second-order valence-electron chi connectivity index (χ2n) is 4.61. The maximum atomic E-state index is 8.45. The van der Waals surface area contributed by atoms with Gasteiger partial charge in [-0.3, -0.25) is 4.68 Å². The van der Waals surface area contributed by atoms with E-state index in [0.717, 1.165) is 29.2 Å². The Morgan fingerprint density at radius 2 is 2.00 bits per heavy atom. The number of benzene rings is 1. The van der Waals surface area contributed by atoms with Crippen LogP contribution in [0.5, 0.6) is 5.75 Å². The lowest BCUT2D eigenvalue weighted by Crippen LogP contribution is -2.02. The lowest BCUT2D eigenvalue weighted by atomic mass is 10.2. The van der Waals surface area contributed by atoms with Gasteiger partial charge in [0.2, 0.25) is 0 Å².